The van der Waals surface area contributed by atoms with Crippen LogP contribution in [0.1, 0.15) is 5.56 Å². The molecule has 0 radical (unpaired) electrons. The van der Waals surface area contributed by atoms with Crippen LogP contribution in [0.25, 0.3) is 5.76 Å². The maximum Gasteiger partial charge on any atom is 0.410 e. The van der Waals surface area contributed by atoms with Crippen LogP contribution in [-0.4, -0.2) is 7.11 Å². The van der Waals surface area contributed by atoms with Crippen LogP contribution in [0.15, 0.2) is 67.2 Å². The summed E-state index contributed by atoms with van der Waals surface area (Å²) in [6.07, 6.45) is 0. The lowest BCUT2D eigenvalue weighted by Gasteiger charge is -2.18. The van der Waals surface area contributed by atoms with Gasteiger partial charge in [-0.25, -0.2) is 4.57 Å². The minimum absolute atomic E-state index is 0.328. The molecule has 3 nitrogen and oxygen atoms in total. The second kappa shape index (κ2) is 5.87. The molecule has 0 aliphatic heterocycles. The van der Waals surface area contributed by atoms with Gasteiger partial charge in [-0.2, -0.15) is 0 Å². The molecule has 98 valence electrons. The van der Waals surface area contributed by atoms with Crippen LogP contribution in [0.2, 0.25) is 0 Å². The van der Waals surface area contributed by atoms with Gasteiger partial charge in [0.25, 0.3) is 0 Å². The van der Waals surface area contributed by atoms with Crippen LogP contribution >= 0.6 is 7.60 Å². The maximum atomic E-state index is 12.7. The predicted molar refractivity (Wildman–Crippen MR) is 77.3 cm³/mol. The first-order chi connectivity index (χ1) is 9.15. The third-order valence-corrected chi connectivity index (χ3v) is 4.51. The van der Waals surface area contributed by atoms with Crippen LogP contribution in [0.3, 0.4) is 0 Å². The van der Waals surface area contributed by atoms with Crippen LogP contribution in [0.4, 0.5) is 0 Å². The molecule has 2 aromatic rings. The van der Waals surface area contributed by atoms with Crippen LogP contribution in [-0.2, 0) is 13.6 Å². The first-order valence-electron chi connectivity index (χ1n) is 5.81. The molecule has 0 spiro atoms. The van der Waals surface area contributed by atoms with E-state index in [0.717, 1.165) is 5.56 Å². The van der Waals surface area contributed by atoms with Gasteiger partial charge < -0.3 is 4.52 Å². The topological polar surface area (TPSA) is 35.5 Å². The Morgan fingerprint density at radius 3 is 2.05 bits per heavy atom. The van der Waals surface area contributed by atoms with E-state index in [1.165, 1.54) is 7.11 Å². The molecule has 1 unspecified atom stereocenters. The van der Waals surface area contributed by atoms with Gasteiger partial charge in [0, 0.05) is 12.7 Å². The van der Waals surface area contributed by atoms with Gasteiger partial charge in [-0.1, -0.05) is 55.1 Å². The number of hydrogen-bond donors (Lipinski definition) is 0. The number of hydrogen-bond acceptors (Lipinski definition) is 3. The highest BCUT2D eigenvalue weighted by molar-refractivity contribution is 7.62. The molecule has 0 fully saturated rings. The molecular weight excluding hydrogens is 259 g/mol. The summed E-state index contributed by atoms with van der Waals surface area (Å²) in [6, 6.07) is 18.1. The molecule has 0 saturated heterocycles. The number of rotatable bonds is 5. The van der Waals surface area contributed by atoms with Gasteiger partial charge in [0.05, 0.1) is 5.30 Å². The first-order valence-corrected chi connectivity index (χ1v) is 7.35. The normalized spacial score (nSPS) is 13.5. The highest BCUT2D eigenvalue weighted by Crippen LogP contribution is 2.49. The summed E-state index contributed by atoms with van der Waals surface area (Å²) in [7, 11) is -2.01. The molecule has 0 aliphatic carbocycles. The summed E-state index contributed by atoms with van der Waals surface area (Å²) < 4.78 is 23.2. The SMILES string of the molecule is C=C(OP(=O)(OC)c1ccccc1)c1ccccc1. The Morgan fingerprint density at radius 1 is 1.00 bits per heavy atom. The van der Waals surface area contributed by atoms with Gasteiger partial charge >= 0.3 is 7.60 Å². The van der Waals surface area contributed by atoms with E-state index in [1.54, 1.807) is 24.3 Å². The van der Waals surface area contributed by atoms with Gasteiger partial charge in [0.1, 0.15) is 5.76 Å². The Labute approximate surface area is 113 Å². The summed E-state index contributed by atoms with van der Waals surface area (Å²) in [4.78, 5) is 0. The molecule has 0 aliphatic rings. The molecule has 0 saturated carbocycles. The summed E-state index contributed by atoms with van der Waals surface area (Å²) in [5.74, 6) is 0.328. The van der Waals surface area contributed by atoms with Gasteiger partial charge in [0.2, 0.25) is 0 Å². The molecule has 0 bridgehead atoms. The Balaban J connectivity index is 2.25. The van der Waals surface area contributed by atoms with Gasteiger partial charge in [-0.3, -0.25) is 4.52 Å². The van der Waals surface area contributed by atoms with Crippen molar-refractivity contribution >= 4 is 18.7 Å². The average Bonchev–Trinajstić information content (AvgIpc) is 2.49. The molecular formula is C15H15O3P. The van der Waals surface area contributed by atoms with Crippen molar-refractivity contribution in [2.45, 2.75) is 0 Å². The Morgan fingerprint density at radius 2 is 1.53 bits per heavy atom. The fourth-order valence-corrected chi connectivity index (χ4v) is 2.95. The summed E-state index contributed by atoms with van der Waals surface area (Å²) in [6.45, 7) is 3.81. The smallest absolute Gasteiger partial charge is 0.410 e. The lowest BCUT2D eigenvalue weighted by atomic mass is 10.2. The molecule has 19 heavy (non-hydrogen) atoms. The van der Waals surface area contributed by atoms with E-state index in [9.17, 15) is 4.57 Å². The fraction of sp³-hybridized carbons (Fsp3) is 0.0667. The van der Waals surface area contributed by atoms with Crippen molar-refractivity contribution in [3.8, 4) is 0 Å². The van der Waals surface area contributed by atoms with Gasteiger partial charge in [-0.05, 0) is 12.1 Å². The van der Waals surface area contributed by atoms with Gasteiger partial charge in [0.15, 0.2) is 0 Å². The summed E-state index contributed by atoms with van der Waals surface area (Å²) >= 11 is 0. The van der Waals surface area contributed by atoms with E-state index in [2.05, 4.69) is 6.58 Å². The van der Waals surface area contributed by atoms with E-state index < -0.39 is 7.60 Å². The molecule has 2 rings (SSSR count). The molecule has 4 heteroatoms. The second-order valence-electron chi connectivity index (χ2n) is 3.90. The third kappa shape index (κ3) is 3.14. The lowest BCUT2D eigenvalue weighted by Crippen LogP contribution is -2.08. The molecule has 1 atom stereocenters. The van der Waals surface area contributed by atoms with Crippen molar-refractivity contribution < 1.29 is 13.6 Å². The Bertz CT molecular complexity index is 593. The highest BCUT2D eigenvalue weighted by Gasteiger charge is 2.28. The van der Waals surface area contributed by atoms with Crippen LogP contribution < -0.4 is 5.30 Å². The zero-order chi connectivity index (χ0) is 13.7. The van der Waals surface area contributed by atoms with Crippen LogP contribution in [0.5, 0.6) is 0 Å². The predicted octanol–water partition coefficient (Wildman–Crippen LogP) is 3.84. The summed E-state index contributed by atoms with van der Waals surface area (Å²) in [5.41, 5.74) is 0.774. The van der Waals surface area contributed by atoms with Crippen molar-refractivity contribution in [3.63, 3.8) is 0 Å². The standard InChI is InChI=1S/C15H15O3P/c1-13(14-9-5-3-6-10-14)18-19(16,17-2)15-11-7-4-8-12-15/h3-12H,1H2,2H3. The first kappa shape index (κ1) is 13.6. The van der Waals surface area contributed by atoms with E-state index in [0.29, 0.717) is 11.1 Å². The Hall–Kier alpha value is -1.83. The van der Waals surface area contributed by atoms with E-state index in [4.69, 9.17) is 9.05 Å². The number of benzene rings is 2. The van der Waals surface area contributed by atoms with Gasteiger partial charge in [-0.15, -0.1) is 0 Å². The minimum atomic E-state index is -3.37. The Kier molecular flexibility index (Phi) is 4.20. The molecule has 0 amide bonds. The lowest BCUT2D eigenvalue weighted by molar-refractivity contribution is 0.321. The van der Waals surface area contributed by atoms with E-state index >= 15 is 0 Å². The molecule has 2 aromatic carbocycles. The van der Waals surface area contributed by atoms with Crippen molar-refractivity contribution in [1.29, 1.82) is 0 Å². The average molecular weight is 274 g/mol. The third-order valence-electron chi connectivity index (χ3n) is 2.64. The van der Waals surface area contributed by atoms with E-state index in [1.807, 2.05) is 36.4 Å². The second-order valence-corrected chi connectivity index (χ2v) is 5.96. The minimum Gasteiger partial charge on any atom is -0.421 e. The maximum absolute atomic E-state index is 12.7. The fourth-order valence-electron chi connectivity index (χ4n) is 1.63. The zero-order valence-corrected chi connectivity index (χ0v) is 11.5. The van der Waals surface area contributed by atoms with Crippen molar-refractivity contribution in [1.82, 2.24) is 0 Å². The van der Waals surface area contributed by atoms with Crippen molar-refractivity contribution in [3.05, 3.63) is 72.8 Å². The quantitative estimate of drug-likeness (QED) is 0.614. The molecule has 0 N–H and O–H groups in total. The van der Waals surface area contributed by atoms with Crippen LogP contribution in [0, 0.1) is 0 Å². The molecule has 0 aromatic heterocycles. The van der Waals surface area contributed by atoms with E-state index in [-0.39, 0.29) is 0 Å². The summed E-state index contributed by atoms with van der Waals surface area (Å²) in [5, 5.41) is 0.509. The van der Waals surface area contributed by atoms with Crippen molar-refractivity contribution in [2.75, 3.05) is 7.11 Å². The molecule has 0 heterocycles. The zero-order valence-electron chi connectivity index (χ0n) is 10.7. The monoisotopic (exact) mass is 274 g/mol. The van der Waals surface area contributed by atoms with Crippen molar-refractivity contribution in [2.24, 2.45) is 0 Å². The highest BCUT2D eigenvalue weighted by atomic mass is 31.2. The largest absolute Gasteiger partial charge is 0.421 e.